The predicted molar refractivity (Wildman–Crippen MR) is 123 cm³/mol. The fraction of sp³-hybridized carbons (Fsp3) is 0.417. The highest BCUT2D eigenvalue weighted by Crippen LogP contribution is 2.38. The lowest BCUT2D eigenvalue weighted by Gasteiger charge is -2.21. The summed E-state index contributed by atoms with van der Waals surface area (Å²) in [5, 5.41) is 10.9. The quantitative estimate of drug-likeness (QED) is 0.347. The Kier molecular flexibility index (Phi) is 9.84. The van der Waals surface area contributed by atoms with Gasteiger partial charge >= 0.3 is 0 Å². The summed E-state index contributed by atoms with van der Waals surface area (Å²) in [7, 11) is 0. The third-order valence-corrected chi connectivity index (χ3v) is 5.27. The van der Waals surface area contributed by atoms with E-state index in [-0.39, 0.29) is 6.61 Å². The van der Waals surface area contributed by atoms with E-state index in [1.54, 1.807) is 12.1 Å². The first-order valence-corrected chi connectivity index (χ1v) is 10.8. The molecule has 0 saturated heterocycles. The van der Waals surface area contributed by atoms with Crippen molar-refractivity contribution in [2.75, 3.05) is 26.2 Å². The summed E-state index contributed by atoms with van der Waals surface area (Å²) in [4.78, 5) is 2.46. The van der Waals surface area contributed by atoms with E-state index >= 15 is 0 Å². The molecule has 0 unspecified atom stereocenters. The summed E-state index contributed by atoms with van der Waals surface area (Å²) in [6, 6.07) is 8.90. The Morgan fingerprint density at radius 3 is 2.38 bits per heavy atom. The van der Waals surface area contributed by atoms with Gasteiger partial charge in [-0.25, -0.2) is 0 Å². The molecule has 0 amide bonds. The summed E-state index contributed by atoms with van der Waals surface area (Å²) in [5.74, 6) is 3.36. The van der Waals surface area contributed by atoms with Crippen molar-refractivity contribution >= 4 is 23.2 Å². The summed E-state index contributed by atoms with van der Waals surface area (Å²) in [5.41, 5.74) is 2.75. The van der Waals surface area contributed by atoms with Crippen LogP contribution in [-0.4, -0.2) is 36.2 Å². The molecule has 2 aromatic carbocycles. The monoisotopic (exact) mass is 433 g/mol. The van der Waals surface area contributed by atoms with Gasteiger partial charge in [0, 0.05) is 27.7 Å². The highest BCUT2D eigenvalue weighted by Gasteiger charge is 2.17. The highest BCUT2D eigenvalue weighted by molar-refractivity contribution is 6.36. The van der Waals surface area contributed by atoms with Gasteiger partial charge in [0.25, 0.3) is 0 Å². The molecule has 0 spiro atoms. The van der Waals surface area contributed by atoms with Crippen LogP contribution < -0.4 is 4.74 Å². The van der Waals surface area contributed by atoms with Crippen LogP contribution in [0.2, 0.25) is 10.0 Å². The van der Waals surface area contributed by atoms with Crippen LogP contribution in [0.4, 0.5) is 0 Å². The van der Waals surface area contributed by atoms with Gasteiger partial charge in [0.1, 0.15) is 5.75 Å². The Labute approximate surface area is 184 Å². The zero-order valence-corrected chi connectivity index (χ0v) is 18.7. The van der Waals surface area contributed by atoms with Gasteiger partial charge in [-0.1, -0.05) is 55.1 Å². The van der Waals surface area contributed by atoms with Crippen LogP contribution in [0.3, 0.4) is 0 Å². The molecule has 0 heterocycles. The van der Waals surface area contributed by atoms with Gasteiger partial charge in [-0.3, -0.25) is 0 Å². The number of terminal acetylenes is 1. The van der Waals surface area contributed by atoms with E-state index < -0.39 is 0 Å². The van der Waals surface area contributed by atoms with Crippen molar-refractivity contribution < 1.29 is 9.84 Å². The van der Waals surface area contributed by atoms with E-state index in [0.29, 0.717) is 39.1 Å². The number of aliphatic hydroxyl groups excluding tert-OH is 1. The molecule has 0 aliphatic carbocycles. The van der Waals surface area contributed by atoms with Gasteiger partial charge in [0.15, 0.2) is 0 Å². The van der Waals surface area contributed by atoms with Crippen molar-refractivity contribution in [3.05, 3.63) is 51.5 Å². The molecule has 156 valence electrons. The third kappa shape index (κ3) is 6.39. The molecule has 1 N–H and O–H groups in total. The number of halogens is 2. The van der Waals surface area contributed by atoms with Crippen LogP contribution in [0.15, 0.2) is 30.3 Å². The largest absolute Gasteiger partial charge is 0.492 e. The van der Waals surface area contributed by atoms with Gasteiger partial charge in [-0.2, -0.15) is 0 Å². The summed E-state index contributed by atoms with van der Waals surface area (Å²) in [6.45, 7) is 8.03. The number of benzene rings is 2. The van der Waals surface area contributed by atoms with Crippen molar-refractivity contribution in [3.63, 3.8) is 0 Å². The van der Waals surface area contributed by atoms with E-state index in [1.165, 1.54) is 0 Å². The maximum Gasteiger partial charge on any atom is 0.135 e. The molecule has 0 radical (unpaired) electrons. The maximum atomic E-state index is 9.83. The zero-order valence-electron chi connectivity index (χ0n) is 17.2. The van der Waals surface area contributed by atoms with Crippen LogP contribution in [-0.2, 0) is 6.61 Å². The Morgan fingerprint density at radius 1 is 1.07 bits per heavy atom. The minimum atomic E-state index is -0.147. The van der Waals surface area contributed by atoms with E-state index in [1.807, 2.05) is 18.2 Å². The van der Waals surface area contributed by atoms with E-state index in [2.05, 4.69) is 24.7 Å². The molecule has 29 heavy (non-hydrogen) atoms. The van der Waals surface area contributed by atoms with Crippen molar-refractivity contribution in [1.82, 2.24) is 4.90 Å². The van der Waals surface area contributed by atoms with E-state index in [9.17, 15) is 5.11 Å². The van der Waals surface area contributed by atoms with Crippen molar-refractivity contribution in [2.45, 2.75) is 39.7 Å². The zero-order chi connectivity index (χ0) is 21.2. The Bertz CT molecular complexity index is 840. The average molecular weight is 434 g/mol. The van der Waals surface area contributed by atoms with E-state index in [0.717, 1.165) is 44.5 Å². The highest BCUT2D eigenvalue weighted by atomic mass is 35.5. The van der Waals surface area contributed by atoms with Gasteiger partial charge in [-0.05, 0) is 56.1 Å². The summed E-state index contributed by atoms with van der Waals surface area (Å²) >= 11 is 12.4. The number of hydrogen-bond acceptors (Lipinski definition) is 3. The average Bonchev–Trinajstić information content (AvgIpc) is 2.71. The first-order valence-electron chi connectivity index (χ1n) is 10.1. The molecule has 0 bridgehead atoms. The molecule has 0 saturated carbocycles. The lowest BCUT2D eigenvalue weighted by molar-refractivity contribution is 0.234. The lowest BCUT2D eigenvalue weighted by Crippen LogP contribution is -2.27. The number of nitrogens with zero attached hydrogens (tertiary/aromatic N) is 1. The first-order chi connectivity index (χ1) is 14.0. The Balaban J connectivity index is 2.23. The standard InChI is InChI=1S/C24H29Cl2NO2/c1-4-12-27(13-5-2)14-7-15-29-23-11-8-18(17-28)24(20(23)6-3)21-10-9-19(25)16-22(21)26/h3,8-11,16,28H,4-5,7,12-15,17H2,1-2H3. The smallest absolute Gasteiger partial charge is 0.135 e. The van der Waals surface area contributed by atoms with Gasteiger partial charge in [0.2, 0.25) is 0 Å². The molecular weight excluding hydrogens is 405 g/mol. The molecule has 0 aromatic heterocycles. The molecule has 0 aliphatic rings. The third-order valence-electron chi connectivity index (χ3n) is 4.72. The minimum absolute atomic E-state index is 0.147. The molecule has 0 fully saturated rings. The maximum absolute atomic E-state index is 9.83. The second kappa shape index (κ2) is 12.1. The van der Waals surface area contributed by atoms with Crippen LogP contribution in [0, 0.1) is 12.3 Å². The normalized spacial score (nSPS) is 10.9. The lowest BCUT2D eigenvalue weighted by atomic mass is 9.94. The second-order valence-corrected chi connectivity index (χ2v) is 7.79. The Hall–Kier alpha value is -1.70. The summed E-state index contributed by atoms with van der Waals surface area (Å²) < 4.78 is 6.04. The number of rotatable bonds is 11. The van der Waals surface area contributed by atoms with Crippen molar-refractivity contribution in [3.8, 4) is 29.2 Å². The fourth-order valence-corrected chi connectivity index (χ4v) is 3.96. The van der Waals surface area contributed by atoms with Crippen LogP contribution in [0.1, 0.15) is 44.2 Å². The molecule has 2 rings (SSSR count). The SMILES string of the molecule is C#Cc1c(OCCCN(CCC)CCC)ccc(CO)c1-c1ccc(Cl)cc1Cl. The molecule has 5 heteroatoms. The predicted octanol–water partition coefficient (Wildman–Crippen LogP) is 6.02. The second-order valence-electron chi connectivity index (χ2n) is 6.94. The Morgan fingerprint density at radius 2 is 1.79 bits per heavy atom. The minimum Gasteiger partial charge on any atom is -0.492 e. The molecule has 3 nitrogen and oxygen atoms in total. The number of ether oxygens (including phenoxy) is 1. The first kappa shape index (κ1) is 23.6. The van der Waals surface area contributed by atoms with Gasteiger partial charge in [-0.15, -0.1) is 6.42 Å². The van der Waals surface area contributed by atoms with Gasteiger partial charge in [0.05, 0.1) is 18.8 Å². The fourth-order valence-electron chi connectivity index (χ4n) is 3.46. The van der Waals surface area contributed by atoms with Gasteiger partial charge < -0.3 is 14.7 Å². The summed E-state index contributed by atoms with van der Waals surface area (Å²) in [6.07, 6.45) is 9.05. The topological polar surface area (TPSA) is 32.7 Å². The van der Waals surface area contributed by atoms with Crippen LogP contribution >= 0.6 is 23.2 Å². The number of aliphatic hydroxyl groups is 1. The van der Waals surface area contributed by atoms with E-state index in [4.69, 9.17) is 34.4 Å². The van der Waals surface area contributed by atoms with Crippen LogP contribution in [0.5, 0.6) is 5.75 Å². The van der Waals surface area contributed by atoms with Crippen molar-refractivity contribution in [2.24, 2.45) is 0 Å². The molecular formula is C24H29Cl2NO2. The van der Waals surface area contributed by atoms with Crippen molar-refractivity contribution in [1.29, 1.82) is 0 Å². The van der Waals surface area contributed by atoms with Crippen LogP contribution in [0.25, 0.3) is 11.1 Å². The molecule has 0 atom stereocenters. The number of hydrogen-bond donors (Lipinski definition) is 1. The molecule has 0 aliphatic heterocycles. The molecule has 2 aromatic rings.